The number of thioether (sulfide) groups is 1. The van der Waals surface area contributed by atoms with Crippen LogP contribution in [0.25, 0.3) is 0 Å². The van der Waals surface area contributed by atoms with Gasteiger partial charge in [-0.2, -0.15) is 10.1 Å². The number of rotatable bonds is 6. The molecule has 0 spiro atoms. The average molecular weight is 533 g/mol. The summed E-state index contributed by atoms with van der Waals surface area (Å²) in [5.41, 5.74) is 4.60. The first kappa shape index (κ1) is 25.0. The molecule has 2 aliphatic rings. The van der Waals surface area contributed by atoms with E-state index in [1.807, 2.05) is 79.7 Å². The largest absolute Gasteiger partial charge is 0.497 e. The van der Waals surface area contributed by atoms with Crippen molar-refractivity contribution in [2.24, 2.45) is 10.1 Å². The highest BCUT2D eigenvalue weighted by Crippen LogP contribution is 2.39. The summed E-state index contributed by atoms with van der Waals surface area (Å²) in [4.78, 5) is 29.8. The number of carbonyl (C=O) groups excluding carboxylic acids is 2. The maximum Gasteiger partial charge on any atom is 0.262 e. The molecule has 0 bridgehead atoms. The molecule has 2 heterocycles. The molecule has 0 fully saturated rings. The summed E-state index contributed by atoms with van der Waals surface area (Å²) in [5.74, 6) is 0.204. The number of benzene rings is 3. The van der Waals surface area contributed by atoms with Gasteiger partial charge in [0.25, 0.3) is 5.91 Å². The van der Waals surface area contributed by atoms with E-state index in [0.29, 0.717) is 22.3 Å². The second-order valence-corrected chi connectivity index (χ2v) is 10.5. The summed E-state index contributed by atoms with van der Waals surface area (Å²) < 4.78 is 5.28. The van der Waals surface area contributed by atoms with Gasteiger partial charge in [-0.25, -0.2) is 5.01 Å². The molecule has 188 valence electrons. The normalized spacial score (nSPS) is 19.0. The standard InChI is InChI=1S/C28H25ClN4O3S/c1-17-4-3-5-21(14-17)30-26(34)16-25-27(35)31-28(37-25)33-24(19-6-10-20(29)11-7-19)15-23(32-33)18-8-12-22(36-2)13-9-18/h3-14,24-25H,15-16H2,1-2H3,(H,30,34)/t24-,25-/m1/s1. The maximum atomic E-state index is 12.8. The van der Waals surface area contributed by atoms with Crippen molar-refractivity contribution in [3.63, 3.8) is 0 Å². The van der Waals surface area contributed by atoms with E-state index in [1.165, 1.54) is 11.8 Å². The minimum Gasteiger partial charge on any atom is -0.497 e. The summed E-state index contributed by atoms with van der Waals surface area (Å²) in [7, 11) is 1.63. The predicted octanol–water partition coefficient (Wildman–Crippen LogP) is 5.83. The number of hydrogen-bond donors (Lipinski definition) is 1. The summed E-state index contributed by atoms with van der Waals surface area (Å²) in [5, 5.41) is 10.1. The molecule has 1 N–H and O–H groups in total. The van der Waals surface area contributed by atoms with Crippen LogP contribution in [0.1, 0.15) is 35.6 Å². The van der Waals surface area contributed by atoms with Crippen molar-refractivity contribution in [3.05, 3.63) is 94.5 Å². The number of aryl methyl sites for hydroxylation is 1. The van der Waals surface area contributed by atoms with Crippen LogP contribution in [-0.2, 0) is 9.59 Å². The molecule has 2 aliphatic heterocycles. The number of carbonyl (C=O) groups is 2. The van der Waals surface area contributed by atoms with Crippen molar-refractivity contribution in [3.8, 4) is 5.75 Å². The van der Waals surface area contributed by atoms with Crippen molar-refractivity contribution >= 4 is 51.7 Å². The topological polar surface area (TPSA) is 83.4 Å². The fourth-order valence-corrected chi connectivity index (χ4v) is 5.48. The lowest BCUT2D eigenvalue weighted by molar-refractivity contribution is -0.121. The molecule has 37 heavy (non-hydrogen) atoms. The van der Waals surface area contributed by atoms with Gasteiger partial charge in [0.15, 0.2) is 5.17 Å². The average Bonchev–Trinajstić information content (AvgIpc) is 3.48. The monoisotopic (exact) mass is 532 g/mol. The SMILES string of the molecule is COc1ccc(C2=NN(C3=NC(=O)[C@@H](CC(=O)Nc4cccc(C)c4)S3)[C@@H](c3ccc(Cl)cc3)C2)cc1. The van der Waals surface area contributed by atoms with Crippen LogP contribution in [0, 0.1) is 6.92 Å². The van der Waals surface area contributed by atoms with Gasteiger partial charge >= 0.3 is 0 Å². The summed E-state index contributed by atoms with van der Waals surface area (Å²) in [6.45, 7) is 1.96. The van der Waals surface area contributed by atoms with Crippen LogP contribution in [-0.4, -0.2) is 40.1 Å². The lowest BCUT2D eigenvalue weighted by atomic mass is 9.98. The van der Waals surface area contributed by atoms with Crippen LogP contribution in [0.4, 0.5) is 5.69 Å². The first-order chi connectivity index (χ1) is 17.9. The highest BCUT2D eigenvalue weighted by Gasteiger charge is 2.39. The van der Waals surface area contributed by atoms with Crippen LogP contribution in [0.15, 0.2) is 82.9 Å². The molecule has 5 rings (SSSR count). The number of hydrogen-bond acceptors (Lipinski definition) is 6. The fourth-order valence-electron chi connectivity index (χ4n) is 4.30. The third-order valence-electron chi connectivity index (χ3n) is 6.19. The minimum absolute atomic E-state index is 0.0267. The Kier molecular flexibility index (Phi) is 7.30. The second-order valence-electron chi connectivity index (χ2n) is 8.85. The van der Waals surface area contributed by atoms with Crippen LogP contribution >= 0.6 is 23.4 Å². The molecule has 0 aromatic heterocycles. The number of halogens is 1. The molecular weight excluding hydrogens is 508 g/mol. The molecular formula is C28H25ClN4O3S. The number of aliphatic imine (C=N–C) groups is 1. The minimum atomic E-state index is -0.606. The Labute approximate surface area is 224 Å². The third-order valence-corrected chi connectivity index (χ3v) is 7.58. The van der Waals surface area contributed by atoms with E-state index in [1.54, 1.807) is 12.1 Å². The van der Waals surface area contributed by atoms with Gasteiger partial charge < -0.3 is 10.1 Å². The Balaban J connectivity index is 1.35. The van der Waals surface area contributed by atoms with E-state index in [0.717, 1.165) is 28.2 Å². The Bertz CT molecular complexity index is 1390. The van der Waals surface area contributed by atoms with Gasteiger partial charge in [-0.05, 0) is 72.1 Å². The zero-order chi connectivity index (χ0) is 25.9. The van der Waals surface area contributed by atoms with Crippen LogP contribution in [0.3, 0.4) is 0 Å². The lowest BCUT2D eigenvalue weighted by Crippen LogP contribution is -2.25. The zero-order valence-electron chi connectivity index (χ0n) is 20.3. The molecule has 0 saturated carbocycles. The lowest BCUT2D eigenvalue weighted by Gasteiger charge is -2.23. The van der Waals surface area contributed by atoms with E-state index >= 15 is 0 Å². The smallest absolute Gasteiger partial charge is 0.262 e. The molecule has 2 amide bonds. The van der Waals surface area contributed by atoms with Gasteiger partial charge in [-0.1, -0.05) is 47.6 Å². The number of amides is 2. The Morgan fingerprint density at radius 3 is 2.59 bits per heavy atom. The summed E-state index contributed by atoms with van der Waals surface area (Å²) in [6.07, 6.45) is 0.652. The first-order valence-electron chi connectivity index (χ1n) is 11.8. The number of hydrazone groups is 1. The molecule has 0 aliphatic carbocycles. The number of nitrogens with zero attached hydrogens (tertiary/aromatic N) is 3. The Morgan fingerprint density at radius 1 is 1.14 bits per heavy atom. The van der Waals surface area contributed by atoms with Gasteiger partial charge in [0.1, 0.15) is 11.0 Å². The van der Waals surface area contributed by atoms with Crippen molar-refractivity contribution in [1.82, 2.24) is 5.01 Å². The molecule has 9 heteroatoms. The van der Waals surface area contributed by atoms with Crippen LogP contribution in [0.5, 0.6) is 5.75 Å². The number of amidine groups is 1. The van der Waals surface area contributed by atoms with Gasteiger partial charge in [0, 0.05) is 23.6 Å². The predicted molar refractivity (Wildman–Crippen MR) is 148 cm³/mol. The van der Waals surface area contributed by atoms with Crippen molar-refractivity contribution in [1.29, 1.82) is 0 Å². The number of nitrogens with one attached hydrogen (secondary N) is 1. The van der Waals surface area contributed by atoms with Crippen molar-refractivity contribution in [2.75, 3.05) is 12.4 Å². The maximum absolute atomic E-state index is 12.8. The molecule has 2 atom stereocenters. The Hall–Kier alpha value is -3.62. The molecule has 7 nitrogen and oxygen atoms in total. The van der Waals surface area contributed by atoms with Gasteiger partial charge in [0.2, 0.25) is 5.91 Å². The van der Waals surface area contributed by atoms with Crippen LogP contribution in [0.2, 0.25) is 5.02 Å². The molecule has 3 aromatic rings. The van der Waals surface area contributed by atoms with E-state index in [4.69, 9.17) is 21.4 Å². The van der Waals surface area contributed by atoms with E-state index in [2.05, 4.69) is 10.3 Å². The second kappa shape index (κ2) is 10.8. The number of ether oxygens (including phenoxy) is 1. The summed E-state index contributed by atoms with van der Waals surface area (Å²) >= 11 is 7.40. The third kappa shape index (κ3) is 5.70. The molecule has 0 radical (unpaired) electrons. The van der Waals surface area contributed by atoms with E-state index in [-0.39, 0.29) is 24.3 Å². The van der Waals surface area contributed by atoms with Gasteiger partial charge in [0.05, 0.1) is 18.9 Å². The van der Waals surface area contributed by atoms with E-state index < -0.39 is 5.25 Å². The van der Waals surface area contributed by atoms with Gasteiger partial charge in [-0.15, -0.1) is 0 Å². The summed E-state index contributed by atoms with van der Waals surface area (Å²) in [6, 6.07) is 22.7. The molecule has 0 unspecified atom stereocenters. The Morgan fingerprint density at radius 2 is 1.89 bits per heavy atom. The molecule has 3 aromatic carbocycles. The number of methoxy groups -OCH3 is 1. The number of anilines is 1. The molecule has 0 saturated heterocycles. The van der Waals surface area contributed by atoms with E-state index in [9.17, 15) is 9.59 Å². The van der Waals surface area contributed by atoms with Gasteiger partial charge in [-0.3, -0.25) is 9.59 Å². The van der Waals surface area contributed by atoms with Crippen LogP contribution < -0.4 is 10.1 Å². The highest BCUT2D eigenvalue weighted by molar-refractivity contribution is 8.15. The highest BCUT2D eigenvalue weighted by atomic mass is 35.5. The fraction of sp³-hybridized carbons (Fsp3) is 0.214. The van der Waals surface area contributed by atoms with Crippen molar-refractivity contribution in [2.45, 2.75) is 31.1 Å². The first-order valence-corrected chi connectivity index (χ1v) is 13.1. The van der Waals surface area contributed by atoms with Crippen molar-refractivity contribution < 1.29 is 14.3 Å². The quantitative estimate of drug-likeness (QED) is 0.431. The zero-order valence-corrected chi connectivity index (χ0v) is 21.9.